The van der Waals surface area contributed by atoms with Crippen LogP contribution in [-0.4, -0.2) is 6.21 Å². The van der Waals surface area contributed by atoms with Crippen molar-refractivity contribution in [3.63, 3.8) is 0 Å². The first-order valence-electron chi connectivity index (χ1n) is 7.51. The van der Waals surface area contributed by atoms with E-state index in [9.17, 15) is 0 Å². The van der Waals surface area contributed by atoms with Crippen LogP contribution in [0.4, 0.5) is 5.69 Å². The minimum atomic E-state index is 0.548. The van der Waals surface area contributed by atoms with Crippen LogP contribution in [0.15, 0.2) is 59.6 Å². The molecule has 2 atom stereocenters. The Balaban J connectivity index is 1.91. The van der Waals surface area contributed by atoms with Gasteiger partial charge in [-0.25, -0.2) is 0 Å². The molecule has 0 bridgehead atoms. The fourth-order valence-electron chi connectivity index (χ4n) is 3.16. The molecule has 0 aromatic heterocycles. The van der Waals surface area contributed by atoms with E-state index in [1.807, 2.05) is 0 Å². The van der Waals surface area contributed by atoms with Crippen LogP contribution in [0.3, 0.4) is 0 Å². The summed E-state index contributed by atoms with van der Waals surface area (Å²) in [6.45, 7) is 2.33. The molecule has 0 spiro atoms. The van der Waals surface area contributed by atoms with Crippen molar-refractivity contribution in [3.05, 3.63) is 65.7 Å². The Bertz CT molecular complexity index is 586. The number of hydrogen-bond donors (Lipinski definition) is 0. The van der Waals surface area contributed by atoms with Gasteiger partial charge in [-0.1, -0.05) is 55.5 Å². The van der Waals surface area contributed by atoms with E-state index in [1.165, 1.54) is 24.0 Å². The number of benzene rings is 2. The van der Waals surface area contributed by atoms with Gasteiger partial charge in [0, 0.05) is 6.21 Å². The Labute approximate surface area is 121 Å². The van der Waals surface area contributed by atoms with Crippen LogP contribution < -0.4 is 0 Å². The fourth-order valence-corrected chi connectivity index (χ4v) is 3.16. The molecule has 2 aromatic rings. The maximum atomic E-state index is 4.66. The van der Waals surface area contributed by atoms with Crippen LogP contribution in [0.25, 0.3) is 0 Å². The normalized spacial score (nSPS) is 24.1. The monoisotopic (exact) mass is 263 g/mol. The van der Waals surface area contributed by atoms with Crippen LogP contribution in [0, 0.1) is 0 Å². The van der Waals surface area contributed by atoms with E-state index in [1.54, 1.807) is 0 Å². The molecule has 20 heavy (non-hydrogen) atoms. The topological polar surface area (TPSA) is 12.4 Å². The molecule has 1 aliphatic heterocycles. The smallest absolute Gasteiger partial charge is 0.0660 e. The van der Waals surface area contributed by atoms with Crippen LogP contribution in [0.2, 0.25) is 0 Å². The largest absolute Gasteiger partial charge is 0.261 e. The van der Waals surface area contributed by atoms with E-state index in [-0.39, 0.29) is 0 Å². The van der Waals surface area contributed by atoms with E-state index in [0.29, 0.717) is 11.8 Å². The molecule has 0 radical (unpaired) electrons. The van der Waals surface area contributed by atoms with Crippen molar-refractivity contribution in [2.75, 3.05) is 0 Å². The lowest BCUT2D eigenvalue weighted by Gasteiger charge is -2.21. The zero-order valence-corrected chi connectivity index (χ0v) is 12.0. The molecule has 2 unspecified atom stereocenters. The highest BCUT2D eigenvalue weighted by Crippen LogP contribution is 2.37. The number of fused-ring (bicyclic) bond motifs is 1. The van der Waals surface area contributed by atoms with E-state index in [0.717, 1.165) is 12.1 Å². The summed E-state index contributed by atoms with van der Waals surface area (Å²) in [7, 11) is 0. The molecule has 0 N–H and O–H groups in total. The summed E-state index contributed by atoms with van der Waals surface area (Å²) in [6.07, 6.45) is 5.53. The Kier molecular flexibility index (Phi) is 3.96. The van der Waals surface area contributed by atoms with Gasteiger partial charge in [-0.3, -0.25) is 4.99 Å². The second-order valence-electron chi connectivity index (χ2n) is 5.69. The molecule has 0 amide bonds. The molecule has 3 rings (SSSR count). The van der Waals surface area contributed by atoms with E-state index >= 15 is 0 Å². The summed E-state index contributed by atoms with van der Waals surface area (Å²) in [5, 5.41) is 0. The van der Waals surface area contributed by atoms with Crippen LogP contribution >= 0.6 is 0 Å². The second kappa shape index (κ2) is 6.04. The van der Waals surface area contributed by atoms with Crippen molar-refractivity contribution >= 4 is 11.9 Å². The van der Waals surface area contributed by atoms with E-state index < -0.39 is 0 Å². The van der Waals surface area contributed by atoms with Crippen LogP contribution in [0.1, 0.15) is 49.1 Å². The SMILES string of the molecule is CC1CC(c2ccccc2)CC/C=N/c2ccccc21. The van der Waals surface area contributed by atoms with Gasteiger partial charge in [0.05, 0.1) is 5.69 Å². The third-order valence-corrected chi connectivity index (χ3v) is 4.25. The van der Waals surface area contributed by atoms with Crippen molar-refractivity contribution < 1.29 is 0 Å². The van der Waals surface area contributed by atoms with Crippen molar-refractivity contribution in [3.8, 4) is 0 Å². The van der Waals surface area contributed by atoms with Gasteiger partial charge in [-0.15, -0.1) is 0 Å². The number of hydrogen-bond acceptors (Lipinski definition) is 1. The van der Waals surface area contributed by atoms with Crippen molar-refractivity contribution in [2.45, 2.75) is 38.0 Å². The Morgan fingerprint density at radius 2 is 1.70 bits per heavy atom. The van der Waals surface area contributed by atoms with Gasteiger partial charge < -0.3 is 0 Å². The van der Waals surface area contributed by atoms with Gasteiger partial charge in [0.1, 0.15) is 0 Å². The van der Waals surface area contributed by atoms with Crippen LogP contribution in [-0.2, 0) is 0 Å². The minimum absolute atomic E-state index is 0.548. The molecule has 0 fully saturated rings. The standard InChI is InChI=1S/C19H21N/c1-15-14-17(16-8-3-2-4-9-16)10-7-13-20-19-12-6-5-11-18(15)19/h2-6,8-9,11-13,15,17H,7,10,14H2,1H3/b20-13+. The maximum absolute atomic E-state index is 4.66. The average Bonchev–Trinajstić information content (AvgIpc) is 2.58. The maximum Gasteiger partial charge on any atom is 0.0660 e. The third-order valence-electron chi connectivity index (χ3n) is 4.25. The first-order valence-corrected chi connectivity index (χ1v) is 7.51. The van der Waals surface area contributed by atoms with Gasteiger partial charge in [0.15, 0.2) is 0 Å². The number of nitrogens with zero attached hydrogens (tertiary/aromatic N) is 1. The van der Waals surface area contributed by atoms with Crippen molar-refractivity contribution in [2.24, 2.45) is 4.99 Å². The summed E-state index contributed by atoms with van der Waals surface area (Å²) >= 11 is 0. The summed E-state index contributed by atoms with van der Waals surface area (Å²) in [5.74, 6) is 1.18. The van der Waals surface area contributed by atoms with Gasteiger partial charge in [-0.2, -0.15) is 0 Å². The molecule has 2 aromatic carbocycles. The van der Waals surface area contributed by atoms with E-state index in [4.69, 9.17) is 0 Å². The zero-order chi connectivity index (χ0) is 13.8. The summed E-state index contributed by atoms with van der Waals surface area (Å²) in [4.78, 5) is 4.66. The first kappa shape index (κ1) is 13.1. The van der Waals surface area contributed by atoms with Gasteiger partial charge in [-0.05, 0) is 48.3 Å². The Morgan fingerprint density at radius 1 is 0.950 bits per heavy atom. The van der Waals surface area contributed by atoms with Gasteiger partial charge in [0.25, 0.3) is 0 Å². The quantitative estimate of drug-likeness (QED) is 0.647. The number of aliphatic imine (C=N–C) groups is 1. The predicted octanol–water partition coefficient (Wildman–Crippen LogP) is 5.46. The molecule has 1 heteroatoms. The summed E-state index contributed by atoms with van der Waals surface area (Å²) < 4.78 is 0. The van der Waals surface area contributed by atoms with Gasteiger partial charge >= 0.3 is 0 Å². The highest BCUT2D eigenvalue weighted by Gasteiger charge is 2.19. The molecule has 1 aliphatic rings. The minimum Gasteiger partial charge on any atom is -0.261 e. The fraction of sp³-hybridized carbons (Fsp3) is 0.316. The van der Waals surface area contributed by atoms with E-state index in [2.05, 4.69) is 72.7 Å². The highest BCUT2D eigenvalue weighted by molar-refractivity contribution is 5.65. The first-order chi connectivity index (χ1) is 9.84. The molecule has 1 nitrogen and oxygen atoms in total. The zero-order valence-electron chi connectivity index (χ0n) is 12.0. The second-order valence-corrected chi connectivity index (χ2v) is 5.69. The lowest BCUT2D eigenvalue weighted by molar-refractivity contribution is 0.537. The molecule has 0 aliphatic carbocycles. The molecule has 102 valence electrons. The number of rotatable bonds is 1. The Hall–Kier alpha value is -1.89. The molecular formula is C19H21N. The van der Waals surface area contributed by atoms with Crippen molar-refractivity contribution in [1.29, 1.82) is 0 Å². The van der Waals surface area contributed by atoms with Crippen molar-refractivity contribution in [1.82, 2.24) is 0 Å². The van der Waals surface area contributed by atoms with Crippen LogP contribution in [0.5, 0.6) is 0 Å². The molecule has 1 heterocycles. The highest BCUT2D eigenvalue weighted by atomic mass is 14.7. The molecule has 0 saturated carbocycles. The summed E-state index contributed by atoms with van der Waals surface area (Å²) in [5.41, 5.74) is 3.99. The predicted molar refractivity (Wildman–Crippen MR) is 86.0 cm³/mol. The Morgan fingerprint density at radius 3 is 2.55 bits per heavy atom. The lowest BCUT2D eigenvalue weighted by Crippen LogP contribution is -2.04. The summed E-state index contributed by atoms with van der Waals surface area (Å²) in [6, 6.07) is 19.5. The average molecular weight is 263 g/mol. The number of para-hydroxylation sites is 1. The molecule has 0 saturated heterocycles. The molecular weight excluding hydrogens is 242 g/mol. The van der Waals surface area contributed by atoms with Gasteiger partial charge in [0.2, 0.25) is 0 Å². The third kappa shape index (κ3) is 2.82. The lowest BCUT2D eigenvalue weighted by atomic mass is 9.83.